The van der Waals surface area contributed by atoms with Crippen molar-refractivity contribution in [3.05, 3.63) is 0 Å². The molecular weight excluding hydrogens is 212 g/mol. The molecule has 0 spiro atoms. The van der Waals surface area contributed by atoms with Gasteiger partial charge in [-0.2, -0.15) is 0 Å². The van der Waals surface area contributed by atoms with Gasteiger partial charge in [0.2, 0.25) is 0 Å². The summed E-state index contributed by atoms with van der Waals surface area (Å²) >= 11 is 0. The number of rotatable bonds is 5. The lowest BCUT2D eigenvalue weighted by molar-refractivity contribution is 0.114. The molecule has 0 N–H and O–H groups in total. The normalized spacial score (nSPS) is 35.0. The number of hydrogen-bond acceptors (Lipinski definition) is 4. The van der Waals surface area contributed by atoms with E-state index in [0.29, 0.717) is 18.1 Å². The predicted octanol–water partition coefficient (Wildman–Crippen LogP) is 1.43. The Bertz CT molecular complexity index is 211. The molecule has 1 saturated carbocycles. The van der Waals surface area contributed by atoms with Gasteiger partial charge in [-0.25, -0.2) is 0 Å². The van der Waals surface area contributed by atoms with Crippen molar-refractivity contribution in [2.75, 3.05) is 21.3 Å². The van der Waals surface area contributed by atoms with Crippen molar-refractivity contribution >= 4 is 8.80 Å². The van der Waals surface area contributed by atoms with Gasteiger partial charge in [-0.1, -0.05) is 6.42 Å². The van der Waals surface area contributed by atoms with E-state index in [1.54, 1.807) is 21.3 Å². The van der Waals surface area contributed by atoms with Gasteiger partial charge in [0.25, 0.3) is 0 Å². The van der Waals surface area contributed by atoms with Crippen LogP contribution in [0.4, 0.5) is 0 Å². The lowest BCUT2D eigenvalue weighted by atomic mass is 9.91. The van der Waals surface area contributed by atoms with Gasteiger partial charge in [-0.3, -0.25) is 0 Å². The second-order valence-corrected chi connectivity index (χ2v) is 7.33. The molecule has 2 aliphatic rings. The lowest BCUT2D eigenvalue weighted by Crippen LogP contribution is -2.45. The summed E-state index contributed by atoms with van der Waals surface area (Å²) in [5.74, 6) is 0.565. The second-order valence-electron chi connectivity index (χ2n) is 4.33. The van der Waals surface area contributed by atoms with E-state index < -0.39 is 8.80 Å². The monoisotopic (exact) mass is 232 g/mol. The second kappa shape index (κ2) is 4.51. The molecule has 1 saturated heterocycles. The average molecular weight is 232 g/mol. The van der Waals surface area contributed by atoms with E-state index in [1.165, 1.54) is 19.3 Å². The van der Waals surface area contributed by atoms with Crippen LogP contribution in [-0.2, 0) is 18.0 Å². The minimum atomic E-state index is -2.40. The maximum atomic E-state index is 5.63. The van der Waals surface area contributed by atoms with Crippen LogP contribution in [0.1, 0.15) is 19.3 Å². The maximum absolute atomic E-state index is 5.63. The predicted molar refractivity (Wildman–Crippen MR) is 57.6 cm³/mol. The SMILES string of the molecule is CO[Si](CC1CCCC2OC12)(OC)OC. The van der Waals surface area contributed by atoms with E-state index in [0.717, 1.165) is 6.04 Å². The standard InChI is InChI=1S/C10H20O4Si/c1-11-15(12-2,13-3)7-8-5-4-6-9-10(8)14-9/h8-10H,4-7H2,1-3H3. The van der Waals surface area contributed by atoms with E-state index >= 15 is 0 Å². The summed E-state index contributed by atoms with van der Waals surface area (Å²) in [7, 11) is 2.62. The van der Waals surface area contributed by atoms with Crippen molar-refractivity contribution in [1.82, 2.24) is 0 Å². The van der Waals surface area contributed by atoms with Crippen LogP contribution >= 0.6 is 0 Å². The molecule has 4 nitrogen and oxygen atoms in total. The van der Waals surface area contributed by atoms with E-state index in [-0.39, 0.29) is 0 Å². The summed E-state index contributed by atoms with van der Waals surface area (Å²) in [6.07, 6.45) is 4.66. The zero-order chi connectivity index (χ0) is 10.9. The fourth-order valence-corrected chi connectivity index (χ4v) is 4.67. The molecule has 0 aromatic carbocycles. The van der Waals surface area contributed by atoms with Gasteiger partial charge >= 0.3 is 8.80 Å². The van der Waals surface area contributed by atoms with Gasteiger partial charge in [-0.15, -0.1) is 0 Å². The fourth-order valence-electron chi connectivity index (χ4n) is 2.59. The van der Waals surface area contributed by atoms with Gasteiger partial charge in [0.05, 0.1) is 12.2 Å². The summed E-state index contributed by atoms with van der Waals surface area (Å²) in [6, 6.07) is 0.887. The van der Waals surface area contributed by atoms with E-state index in [2.05, 4.69) is 0 Å². The molecule has 0 bridgehead atoms. The quantitative estimate of drug-likeness (QED) is 0.531. The smallest absolute Gasteiger partial charge is 0.377 e. The largest absolute Gasteiger partial charge is 0.500 e. The zero-order valence-electron chi connectivity index (χ0n) is 9.69. The summed E-state index contributed by atoms with van der Waals surface area (Å²) < 4.78 is 22.0. The van der Waals surface area contributed by atoms with Crippen LogP contribution in [0.3, 0.4) is 0 Å². The van der Waals surface area contributed by atoms with E-state index in [9.17, 15) is 0 Å². The van der Waals surface area contributed by atoms with Gasteiger partial charge in [0.1, 0.15) is 0 Å². The van der Waals surface area contributed by atoms with Crippen molar-refractivity contribution in [1.29, 1.82) is 0 Å². The summed E-state index contributed by atoms with van der Waals surface area (Å²) in [5.41, 5.74) is 0. The number of ether oxygens (including phenoxy) is 1. The van der Waals surface area contributed by atoms with Crippen LogP contribution in [-0.4, -0.2) is 42.3 Å². The van der Waals surface area contributed by atoms with Crippen LogP contribution in [0.15, 0.2) is 0 Å². The third-order valence-electron chi connectivity index (χ3n) is 3.60. The first-order valence-corrected chi connectivity index (χ1v) is 7.49. The molecule has 0 aromatic rings. The Morgan fingerprint density at radius 1 is 1.13 bits per heavy atom. The van der Waals surface area contributed by atoms with Crippen molar-refractivity contribution in [3.63, 3.8) is 0 Å². The van der Waals surface area contributed by atoms with Crippen molar-refractivity contribution in [2.24, 2.45) is 5.92 Å². The van der Waals surface area contributed by atoms with Gasteiger partial charge < -0.3 is 18.0 Å². The molecule has 0 amide bonds. The molecule has 5 heteroatoms. The molecule has 3 atom stereocenters. The minimum absolute atomic E-state index is 0.450. The Morgan fingerprint density at radius 2 is 1.80 bits per heavy atom. The van der Waals surface area contributed by atoms with Crippen molar-refractivity contribution < 1.29 is 18.0 Å². The highest BCUT2D eigenvalue weighted by Crippen LogP contribution is 2.44. The zero-order valence-corrected chi connectivity index (χ0v) is 10.7. The lowest BCUT2D eigenvalue weighted by Gasteiger charge is -2.29. The minimum Gasteiger partial charge on any atom is -0.377 e. The Labute approximate surface area is 92.2 Å². The summed E-state index contributed by atoms with van der Waals surface area (Å²) in [4.78, 5) is 0. The number of epoxide rings is 1. The molecule has 2 rings (SSSR count). The van der Waals surface area contributed by atoms with E-state index in [1.807, 2.05) is 0 Å². The molecule has 15 heavy (non-hydrogen) atoms. The first-order valence-electron chi connectivity index (χ1n) is 5.55. The Hall–Kier alpha value is 0.0569. The molecule has 2 fully saturated rings. The highest BCUT2D eigenvalue weighted by Gasteiger charge is 2.52. The van der Waals surface area contributed by atoms with Crippen LogP contribution in [0.25, 0.3) is 0 Å². The van der Waals surface area contributed by atoms with Crippen LogP contribution in [0.2, 0.25) is 6.04 Å². The van der Waals surface area contributed by atoms with Crippen molar-refractivity contribution in [2.45, 2.75) is 37.5 Å². The molecule has 3 unspecified atom stereocenters. The highest BCUT2D eigenvalue weighted by molar-refractivity contribution is 6.60. The van der Waals surface area contributed by atoms with Crippen LogP contribution in [0, 0.1) is 5.92 Å². The van der Waals surface area contributed by atoms with Gasteiger partial charge in [-0.05, 0) is 18.8 Å². The first-order chi connectivity index (χ1) is 7.24. The third kappa shape index (κ3) is 2.26. The highest BCUT2D eigenvalue weighted by atomic mass is 28.4. The first kappa shape index (κ1) is 11.5. The van der Waals surface area contributed by atoms with Crippen LogP contribution in [0.5, 0.6) is 0 Å². The molecular formula is C10H20O4Si. The number of hydrogen-bond donors (Lipinski definition) is 0. The van der Waals surface area contributed by atoms with Gasteiger partial charge in [0, 0.05) is 27.4 Å². The molecule has 0 radical (unpaired) electrons. The van der Waals surface area contributed by atoms with Gasteiger partial charge in [0.15, 0.2) is 0 Å². The van der Waals surface area contributed by atoms with Crippen LogP contribution < -0.4 is 0 Å². The van der Waals surface area contributed by atoms with Crippen molar-refractivity contribution in [3.8, 4) is 0 Å². The Balaban J connectivity index is 1.93. The average Bonchev–Trinajstić information content (AvgIpc) is 3.06. The Morgan fingerprint density at radius 3 is 2.40 bits per heavy atom. The fraction of sp³-hybridized carbons (Fsp3) is 1.00. The summed E-state index contributed by atoms with van der Waals surface area (Å²) in [5, 5.41) is 0. The molecule has 0 aromatic heterocycles. The van der Waals surface area contributed by atoms with E-state index in [4.69, 9.17) is 18.0 Å². The molecule has 88 valence electrons. The maximum Gasteiger partial charge on any atom is 0.500 e. The molecule has 1 heterocycles. The third-order valence-corrected chi connectivity index (χ3v) is 6.49. The summed E-state index contributed by atoms with van der Waals surface area (Å²) in [6.45, 7) is 0. The Kier molecular flexibility index (Phi) is 3.47. The topological polar surface area (TPSA) is 40.2 Å². The molecule has 1 aliphatic heterocycles. The molecule has 1 aliphatic carbocycles. The number of fused-ring (bicyclic) bond motifs is 1.